The van der Waals surface area contributed by atoms with E-state index in [1.807, 2.05) is 6.92 Å². The van der Waals surface area contributed by atoms with Crippen molar-refractivity contribution in [2.45, 2.75) is 52.1 Å². The van der Waals surface area contributed by atoms with Crippen LogP contribution in [0.15, 0.2) is 24.3 Å². The lowest BCUT2D eigenvalue weighted by Gasteiger charge is -2.43. The topological polar surface area (TPSA) is 99.1 Å². The van der Waals surface area contributed by atoms with Crippen molar-refractivity contribution in [3.63, 3.8) is 0 Å². The fourth-order valence-electron chi connectivity index (χ4n) is 3.89. The van der Waals surface area contributed by atoms with Crippen LogP contribution in [-0.2, 0) is 23.9 Å². The van der Waals surface area contributed by atoms with Gasteiger partial charge in [-0.2, -0.15) is 0 Å². The summed E-state index contributed by atoms with van der Waals surface area (Å²) >= 11 is 0. The molecule has 1 saturated carbocycles. The molecule has 1 aliphatic carbocycles. The van der Waals surface area contributed by atoms with Gasteiger partial charge in [-0.05, 0) is 44.9 Å². The molecule has 0 aromatic heterocycles. The van der Waals surface area contributed by atoms with Gasteiger partial charge in [-0.25, -0.2) is 0 Å². The van der Waals surface area contributed by atoms with Crippen LogP contribution in [0.5, 0.6) is 5.75 Å². The minimum Gasteiger partial charge on any atom is -0.494 e. The molecule has 0 bridgehead atoms. The number of hydrogen-bond acceptors (Lipinski definition) is 7. The Morgan fingerprint density at radius 3 is 2.21 bits per heavy atom. The quantitative estimate of drug-likeness (QED) is 0.523. The highest BCUT2D eigenvalue weighted by Gasteiger charge is 2.57. The number of aliphatic hydroxyl groups is 1. The number of ether oxygens (including phenoxy) is 3. The predicted octanol–water partition coefficient (Wildman–Crippen LogP) is 2.64. The molecule has 1 aromatic carbocycles. The molecule has 1 aliphatic rings. The molecule has 1 N–H and O–H groups in total. The minimum atomic E-state index is -1.64. The number of rotatable bonds is 8. The summed E-state index contributed by atoms with van der Waals surface area (Å²) in [7, 11) is 0. The third-order valence-electron chi connectivity index (χ3n) is 5.09. The van der Waals surface area contributed by atoms with E-state index in [0.29, 0.717) is 17.9 Å². The Bertz CT molecular complexity index is 723. The number of Topliss-reactive ketones (excluding diaryl/α,β-unsaturated/α-hetero) is 1. The van der Waals surface area contributed by atoms with Crippen molar-refractivity contribution in [2.75, 3.05) is 19.8 Å². The lowest BCUT2D eigenvalue weighted by atomic mass is 9.61. The van der Waals surface area contributed by atoms with Crippen LogP contribution >= 0.6 is 0 Å². The lowest BCUT2D eigenvalue weighted by molar-refractivity contribution is -0.172. The fourth-order valence-corrected chi connectivity index (χ4v) is 3.89. The summed E-state index contributed by atoms with van der Waals surface area (Å²) in [5.41, 5.74) is -1.08. The van der Waals surface area contributed by atoms with Crippen LogP contribution < -0.4 is 4.74 Å². The van der Waals surface area contributed by atoms with E-state index in [9.17, 15) is 19.5 Å². The summed E-state index contributed by atoms with van der Waals surface area (Å²) in [6.07, 6.45) is 0.533. The summed E-state index contributed by atoms with van der Waals surface area (Å²) in [5.74, 6) is -4.32. The average molecular weight is 406 g/mol. The number of carbonyl (C=O) groups excluding carboxylic acids is 3. The first kappa shape index (κ1) is 22.9. The maximum atomic E-state index is 12.8. The van der Waals surface area contributed by atoms with Crippen LogP contribution in [0.1, 0.15) is 52.0 Å². The van der Waals surface area contributed by atoms with Crippen molar-refractivity contribution >= 4 is 17.7 Å². The Morgan fingerprint density at radius 2 is 1.66 bits per heavy atom. The molecule has 1 aromatic rings. The third kappa shape index (κ3) is 5.15. The Labute approximate surface area is 171 Å². The molecule has 0 saturated heterocycles. The third-order valence-corrected chi connectivity index (χ3v) is 5.09. The van der Waals surface area contributed by atoms with Gasteiger partial charge >= 0.3 is 11.9 Å². The molecule has 7 nitrogen and oxygen atoms in total. The Kier molecular flexibility index (Phi) is 7.79. The van der Waals surface area contributed by atoms with Gasteiger partial charge in [-0.3, -0.25) is 14.4 Å². The first-order valence-electron chi connectivity index (χ1n) is 10.1. The highest BCUT2D eigenvalue weighted by molar-refractivity contribution is 6.02. The summed E-state index contributed by atoms with van der Waals surface area (Å²) in [6, 6.07) is 6.87. The van der Waals surface area contributed by atoms with Crippen LogP contribution in [0, 0.1) is 11.8 Å². The van der Waals surface area contributed by atoms with E-state index in [0.717, 1.165) is 6.42 Å². The van der Waals surface area contributed by atoms with Crippen molar-refractivity contribution in [3.05, 3.63) is 29.8 Å². The van der Waals surface area contributed by atoms with Gasteiger partial charge in [-0.1, -0.05) is 19.1 Å². The Morgan fingerprint density at radius 1 is 1.07 bits per heavy atom. The monoisotopic (exact) mass is 406 g/mol. The number of benzene rings is 1. The van der Waals surface area contributed by atoms with E-state index in [4.69, 9.17) is 14.2 Å². The highest BCUT2D eigenvalue weighted by Crippen LogP contribution is 2.47. The van der Waals surface area contributed by atoms with Gasteiger partial charge in [-0.15, -0.1) is 0 Å². The minimum absolute atomic E-state index is 0.111. The summed E-state index contributed by atoms with van der Waals surface area (Å²) in [6.45, 7) is 7.54. The van der Waals surface area contributed by atoms with E-state index < -0.39 is 41.1 Å². The largest absolute Gasteiger partial charge is 0.494 e. The first-order chi connectivity index (χ1) is 13.8. The molecule has 160 valence electrons. The van der Waals surface area contributed by atoms with Crippen molar-refractivity contribution in [1.82, 2.24) is 0 Å². The van der Waals surface area contributed by atoms with Gasteiger partial charge in [0.2, 0.25) is 0 Å². The Hall–Kier alpha value is -2.41. The molecule has 1 fully saturated rings. The highest BCUT2D eigenvalue weighted by atomic mass is 16.5. The second-order valence-electron chi connectivity index (χ2n) is 7.40. The fraction of sp³-hybridized carbons (Fsp3) is 0.591. The van der Waals surface area contributed by atoms with Crippen LogP contribution in [0.3, 0.4) is 0 Å². The molecule has 4 atom stereocenters. The molecule has 7 heteroatoms. The normalized spacial score (nSPS) is 26.7. The van der Waals surface area contributed by atoms with Gasteiger partial charge in [0.1, 0.15) is 11.7 Å². The molecule has 0 radical (unpaired) electrons. The lowest BCUT2D eigenvalue weighted by Crippen LogP contribution is -2.55. The van der Waals surface area contributed by atoms with Crippen LogP contribution in [0.2, 0.25) is 0 Å². The van der Waals surface area contributed by atoms with Gasteiger partial charge in [0.05, 0.1) is 31.3 Å². The first-order valence-corrected chi connectivity index (χ1v) is 10.1. The molecule has 2 rings (SSSR count). The van der Waals surface area contributed by atoms with E-state index in [1.54, 1.807) is 38.1 Å². The number of hydrogen-bond donors (Lipinski definition) is 1. The maximum absolute atomic E-state index is 12.8. The molecule has 0 heterocycles. The maximum Gasteiger partial charge on any atom is 0.317 e. The SMILES string of the molecule is CCCOc1ccc([C@@H]2[C@H](C(=O)OCC)C(=O)C[C@@](C)(O)[C@@H]2C(=O)OCC)cc1. The van der Waals surface area contributed by atoms with Crippen molar-refractivity contribution < 1.29 is 33.7 Å². The average Bonchev–Trinajstić information content (AvgIpc) is 2.65. The van der Waals surface area contributed by atoms with E-state index >= 15 is 0 Å². The van der Waals surface area contributed by atoms with Gasteiger partial charge < -0.3 is 19.3 Å². The van der Waals surface area contributed by atoms with Crippen molar-refractivity contribution in [1.29, 1.82) is 0 Å². The van der Waals surface area contributed by atoms with Crippen LogP contribution in [-0.4, -0.2) is 48.3 Å². The summed E-state index contributed by atoms with van der Waals surface area (Å²) in [5, 5.41) is 10.9. The molecule has 29 heavy (non-hydrogen) atoms. The van der Waals surface area contributed by atoms with Crippen molar-refractivity contribution in [2.24, 2.45) is 11.8 Å². The second kappa shape index (κ2) is 9.87. The number of carbonyl (C=O) groups is 3. The number of ketones is 1. The van der Waals surface area contributed by atoms with Gasteiger partial charge in [0.25, 0.3) is 0 Å². The van der Waals surface area contributed by atoms with E-state index in [-0.39, 0.29) is 19.6 Å². The van der Waals surface area contributed by atoms with Crippen LogP contribution in [0.25, 0.3) is 0 Å². The smallest absolute Gasteiger partial charge is 0.317 e. The molecule has 0 aliphatic heterocycles. The van der Waals surface area contributed by atoms with Gasteiger partial charge in [0, 0.05) is 12.3 Å². The predicted molar refractivity (Wildman–Crippen MR) is 105 cm³/mol. The number of esters is 2. The van der Waals surface area contributed by atoms with E-state index in [1.165, 1.54) is 6.92 Å². The Balaban J connectivity index is 2.52. The van der Waals surface area contributed by atoms with Crippen molar-refractivity contribution in [3.8, 4) is 5.75 Å². The van der Waals surface area contributed by atoms with Crippen LogP contribution in [0.4, 0.5) is 0 Å². The molecule has 0 unspecified atom stereocenters. The molecular formula is C22H30O7. The van der Waals surface area contributed by atoms with Gasteiger partial charge in [0.15, 0.2) is 5.78 Å². The second-order valence-corrected chi connectivity index (χ2v) is 7.40. The zero-order chi connectivity index (χ0) is 21.6. The molecular weight excluding hydrogens is 376 g/mol. The van der Waals surface area contributed by atoms with E-state index in [2.05, 4.69) is 0 Å². The standard InChI is InChI=1S/C22H30O7/c1-5-12-29-15-10-8-14(9-11-15)17-18(20(24)27-6-2)16(23)13-22(4,26)19(17)21(25)28-7-3/h8-11,17-19,26H,5-7,12-13H2,1-4H3/t17-,18-,19+,22-/m1/s1. The summed E-state index contributed by atoms with van der Waals surface area (Å²) < 4.78 is 15.9. The zero-order valence-electron chi connectivity index (χ0n) is 17.5. The molecule has 0 amide bonds. The zero-order valence-corrected chi connectivity index (χ0v) is 17.5. The molecule has 0 spiro atoms. The summed E-state index contributed by atoms with van der Waals surface area (Å²) in [4.78, 5) is 38.2.